The molecule has 1 fully saturated rings. The minimum absolute atomic E-state index is 0.0825. The zero-order chi connectivity index (χ0) is 12.5. The van der Waals surface area contributed by atoms with Crippen molar-refractivity contribution in [1.29, 1.82) is 0 Å². The summed E-state index contributed by atoms with van der Waals surface area (Å²) >= 11 is 0. The number of benzene rings is 1. The van der Waals surface area contributed by atoms with Crippen molar-refractivity contribution < 1.29 is 14.2 Å². The van der Waals surface area contributed by atoms with E-state index in [0.717, 1.165) is 24.8 Å². The lowest BCUT2D eigenvalue weighted by Crippen LogP contribution is -2.36. The monoisotopic (exact) mass is 248 g/mol. The molecule has 0 radical (unpaired) electrons. The summed E-state index contributed by atoms with van der Waals surface area (Å²) in [4.78, 5) is 6.27. The van der Waals surface area contributed by atoms with Crippen molar-refractivity contribution in [3.8, 4) is 5.75 Å². The average Bonchev–Trinajstić information content (AvgIpc) is 2.39. The molecule has 0 bridgehead atoms. The van der Waals surface area contributed by atoms with E-state index in [2.05, 4.69) is 9.88 Å². The summed E-state index contributed by atoms with van der Waals surface area (Å²) in [6, 6.07) is 4.44. The molecule has 0 spiro atoms. The van der Waals surface area contributed by atoms with Crippen LogP contribution < -0.4 is 4.90 Å². The minimum Gasteiger partial charge on any atom is -0.508 e. The third-order valence-corrected chi connectivity index (χ3v) is 3.08. The molecule has 4 nitrogen and oxygen atoms in total. The van der Waals surface area contributed by atoms with Gasteiger partial charge in [0.2, 0.25) is 0 Å². The summed E-state index contributed by atoms with van der Waals surface area (Å²) < 4.78 is 18.8. The number of hydrogen-bond donors (Lipinski definition) is 1. The van der Waals surface area contributed by atoms with E-state index in [4.69, 9.17) is 4.74 Å². The fraction of sp³-hybridized carbons (Fsp3) is 0.308. The Hall–Kier alpha value is -1.88. The van der Waals surface area contributed by atoms with Crippen LogP contribution in [0.3, 0.4) is 0 Å². The van der Waals surface area contributed by atoms with Gasteiger partial charge in [0.05, 0.1) is 25.1 Å². The second kappa shape index (κ2) is 4.42. The number of fused-ring (bicyclic) bond motifs is 1. The van der Waals surface area contributed by atoms with Gasteiger partial charge in [-0.15, -0.1) is 0 Å². The van der Waals surface area contributed by atoms with E-state index in [-0.39, 0.29) is 11.3 Å². The Labute approximate surface area is 104 Å². The van der Waals surface area contributed by atoms with Gasteiger partial charge < -0.3 is 14.7 Å². The lowest BCUT2D eigenvalue weighted by Gasteiger charge is -2.28. The van der Waals surface area contributed by atoms with Gasteiger partial charge in [-0.1, -0.05) is 0 Å². The predicted octanol–water partition coefficient (Wildman–Crippen LogP) is 1.92. The SMILES string of the molecule is Oc1cc(F)c2ncc(N3CCOCC3)cc2c1. The van der Waals surface area contributed by atoms with Gasteiger partial charge in [-0.2, -0.15) is 0 Å². The summed E-state index contributed by atoms with van der Waals surface area (Å²) in [6.07, 6.45) is 1.66. The van der Waals surface area contributed by atoms with Crippen LogP contribution in [0.15, 0.2) is 24.4 Å². The van der Waals surface area contributed by atoms with Crippen LogP contribution in [-0.4, -0.2) is 36.4 Å². The molecule has 2 aromatic rings. The van der Waals surface area contributed by atoms with Crippen LogP contribution in [-0.2, 0) is 4.74 Å². The zero-order valence-electron chi connectivity index (χ0n) is 9.77. The molecule has 2 heterocycles. The standard InChI is InChI=1S/C13H13FN2O2/c14-12-7-11(17)6-9-5-10(8-15-13(9)12)16-1-3-18-4-2-16/h5-8,17H,1-4H2. The lowest BCUT2D eigenvalue weighted by molar-refractivity contribution is 0.122. The highest BCUT2D eigenvalue weighted by atomic mass is 19.1. The Morgan fingerprint density at radius 3 is 2.78 bits per heavy atom. The first kappa shape index (κ1) is 11.2. The maximum absolute atomic E-state index is 13.6. The molecule has 94 valence electrons. The van der Waals surface area contributed by atoms with Crippen LogP contribution in [0.2, 0.25) is 0 Å². The van der Waals surface area contributed by atoms with E-state index in [0.29, 0.717) is 18.6 Å². The fourth-order valence-electron chi connectivity index (χ4n) is 2.17. The topological polar surface area (TPSA) is 45.6 Å². The van der Waals surface area contributed by atoms with E-state index < -0.39 is 5.82 Å². The number of aromatic hydroxyl groups is 1. The Morgan fingerprint density at radius 1 is 1.22 bits per heavy atom. The number of phenols is 1. The normalized spacial score (nSPS) is 16.2. The smallest absolute Gasteiger partial charge is 0.153 e. The van der Waals surface area contributed by atoms with Crippen molar-refractivity contribution in [2.45, 2.75) is 0 Å². The molecule has 1 N–H and O–H groups in total. The highest BCUT2D eigenvalue weighted by Gasteiger charge is 2.13. The van der Waals surface area contributed by atoms with Crippen LogP contribution in [0, 0.1) is 5.82 Å². The van der Waals surface area contributed by atoms with Crippen LogP contribution in [0.5, 0.6) is 5.75 Å². The number of ether oxygens (including phenoxy) is 1. The van der Waals surface area contributed by atoms with Crippen molar-refractivity contribution in [1.82, 2.24) is 4.98 Å². The molecular formula is C13H13FN2O2. The van der Waals surface area contributed by atoms with Crippen LogP contribution in [0.4, 0.5) is 10.1 Å². The van der Waals surface area contributed by atoms with Crippen LogP contribution in [0.1, 0.15) is 0 Å². The van der Waals surface area contributed by atoms with Gasteiger partial charge in [-0.05, 0) is 12.1 Å². The molecule has 1 aliphatic heterocycles. The molecule has 1 aromatic carbocycles. The van der Waals surface area contributed by atoms with Crippen molar-refractivity contribution in [3.63, 3.8) is 0 Å². The van der Waals surface area contributed by atoms with Crippen LogP contribution in [0.25, 0.3) is 10.9 Å². The number of hydrogen-bond acceptors (Lipinski definition) is 4. The number of phenolic OH excluding ortho intramolecular Hbond substituents is 1. The van der Waals surface area contributed by atoms with Crippen molar-refractivity contribution in [2.24, 2.45) is 0 Å². The largest absolute Gasteiger partial charge is 0.508 e. The molecule has 3 rings (SSSR count). The summed E-state index contributed by atoms with van der Waals surface area (Å²) in [5.74, 6) is -0.584. The molecule has 1 aromatic heterocycles. The van der Waals surface area contributed by atoms with Gasteiger partial charge in [0.25, 0.3) is 0 Å². The quantitative estimate of drug-likeness (QED) is 0.837. The van der Waals surface area contributed by atoms with Gasteiger partial charge in [-0.3, -0.25) is 4.98 Å². The molecule has 0 saturated carbocycles. The maximum Gasteiger partial charge on any atom is 0.153 e. The number of aromatic nitrogens is 1. The molecule has 5 heteroatoms. The zero-order valence-corrected chi connectivity index (χ0v) is 9.77. The fourth-order valence-corrected chi connectivity index (χ4v) is 2.17. The Morgan fingerprint density at radius 2 is 2.00 bits per heavy atom. The average molecular weight is 248 g/mol. The number of morpholine rings is 1. The highest BCUT2D eigenvalue weighted by molar-refractivity contribution is 5.83. The van der Waals surface area contributed by atoms with Crippen molar-refractivity contribution >= 4 is 16.6 Å². The first-order chi connectivity index (χ1) is 8.74. The Bertz CT molecular complexity index is 582. The number of anilines is 1. The van der Waals surface area contributed by atoms with Gasteiger partial charge >= 0.3 is 0 Å². The lowest BCUT2D eigenvalue weighted by atomic mass is 10.2. The summed E-state index contributed by atoms with van der Waals surface area (Å²) in [5.41, 5.74) is 1.21. The third-order valence-electron chi connectivity index (χ3n) is 3.08. The van der Waals surface area contributed by atoms with Crippen molar-refractivity contribution in [3.05, 3.63) is 30.2 Å². The van der Waals surface area contributed by atoms with E-state index in [1.54, 1.807) is 6.20 Å². The molecule has 0 unspecified atom stereocenters. The predicted molar refractivity (Wildman–Crippen MR) is 66.4 cm³/mol. The van der Waals surface area contributed by atoms with Gasteiger partial charge in [0, 0.05) is 24.5 Å². The third kappa shape index (κ3) is 1.97. The number of halogens is 1. The second-order valence-corrected chi connectivity index (χ2v) is 4.29. The van der Waals surface area contributed by atoms with Gasteiger partial charge in [0.1, 0.15) is 11.3 Å². The number of nitrogens with zero attached hydrogens (tertiary/aromatic N) is 2. The molecule has 0 atom stereocenters. The second-order valence-electron chi connectivity index (χ2n) is 4.29. The van der Waals surface area contributed by atoms with Gasteiger partial charge in [-0.25, -0.2) is 4.39 Å². The molecule has 0 amide bonds. The maximum atomic E-state index is 13.6. The van der Waals surface area contributed by atoms with E-state index in [9.17, 15) is 9.50 Å². The number of pyridine rings is 1. The number of rotatable bonds is 1. The molecule has 1 aliphatic rings. The summed E-state index contributed by atoms with van der Waals surface area (Å²) in [6.45, 7) is 2.97. The van der Waals surface area contributed by atoms with Gasteiger partial charge in [0.15, 0.2) is 5.82 Å². The molecular weight excluding hydrogens is 235 g/mol. The Balaban J connectivity index is 2.04. The van der Waals surface area contributed by atoms with E-state index >= 15 is 0 Å². The first-order valence-corrected chi connectivity index (χ1v) is 5.85. The molecule has 18 heavy (non-hydrogen) atoms. The van der Waals surface area contributed by atoms with E-state index in [1.807, 2.05) is 6.07 Å². The van der Waals surface area contributed by atoms with Crippen molar-refractivity contribution in [2.75, 3.05) is 31.2 Å². The van der Waals surface area contributed by atoms with E-state index in [1.165, 1.54) is 6.07 Å². The minimum atomic E-state index is -0.501. The first-order valence-electron chi connectivity index (χ1n) is 5.85. The Kier molecular flexibility index (Phi) is 2.76. The molecule has 0 aliphatic carbocycles. The highest BCUT2D eigenvalue weighted by Crippen LogP contribution is 2.26. The summed E-state index contributed by atoms with van der Waals surface area (Å²) in [5, 5.41) is 10.0. The summed E-state index contributed by atoms with van der Waals surface area (Å²) in [7, 11) is 0. The molecule has 1 saturated heterocycles. The van der Waals surface area contributed by atoms with Crippen LogP contribution >= 0.6 is 0 Å².